The minimum atomic E-state index is 0.149. The Hall–Kier alpha value is -2.09. The normalized spacial score (nSPS) is 14.0. The molecule has 0 N–H and O–H groups in total. The molecule has 0 spiro atoms. The number of ether oxygens (including phenoxy) is 1. The highest BCUT2D eigenvalue weighted by molar-refractivity contribution is 5.97. The SMILES string of the molecule is Cc1ccc(CC(=O)c2ccc(OC3CC3)cc2)cc1C. The molecule has 0 unspecified atom stereocenters. The smallest absolute Gasteiger partial charge is 0.167 e. The van der Waals surface area contributed by atoms with E-state index in [1.165, 1.54) is 11.1 Å². The van der Waals surface area contributed by atoms with E-state index in [1.807, 2.05) is 30.3 Å². The number of Topliss-reactive ketones (excluding diaryl/α,β-unsaturated/α-hetero) is 1. The van der Waals surface area contributed by atoms with Crippen molar-refractivity contribution in [3.05, 3.63) is 64.7 Å². The third-order valence-corrected chi connectivity index (χ3v) is 3.94. The number of ketones is 1. The van der Waals surface area contributed by atoms with Crippen molar-refractivity contribution in [3.63, 3.8) is 0 Å². The Morgan fingerprint density at radius 2 is 1.76 bits per heavy atom. The van der Waals surface area contributed by atoms with Gasteiger partial charge in [-0.25, -0.2) is 0 Å². The summed E-state index contributed by atoms with van der Waals surface area (Å²) in [4.78, 5) is 12.3. The van der Waals surface area contributed by atoms with Crippen LogP contribution in [0.5, 0.6) is 5.75 Å². The highest BCUT2D eigenvalue weighted by Gasteiger charge is 2.23. The van der Waals surface area contributed by atoms with Crippen LogP contribution in [-0.2, 0) is 6.42 Å². The lowest BCUT2D eigenvalue weighted by atomic mass is 9.99. The van der Waals surface area contributed by atoms with E-state index >= 15 is 0 Å². The standard InChI is InChI=1S/C19H20O2/c1-13-3-4-15(11-14(13)2)12-19(20)16-5-7-17(8-6-16)21-18-9-10-18/h3-8,11,18H,9-10,12H2,1-2H3. The summed E-state index contributed by atoms with van der Waals surface area (Å²) in [5.74, 6) is 1.01. The average Bonchev–Trinajstić information content (AvgIpc) is 3.28. The third kappa shape index (κ3) is 3.52. The Kier molecular flexibility index (Phi) is 3.78. The van der Waals surface area contributed by atoms with Gasteiger partial charge in [-0.15, -0.1) is 0 Å². The van der Waals surface area contributed by atoms with Crippen molar-refractivity contribution < 1.29 is 9.53 Å². The van der Waals surface area contributed by atoms with E-state index in [-0.39, 0.29) is 5.78 Å². The monoisotopic (exact) mass is 280 g/mol. The molecule has 1 aliphatic rings. The zero-order valence-corrected chi connectivity index (χ0v) is 12.6. The van der Waals surface area contributed by atoms with Crippen molar-refractivity contribution >= 4 is 5.78 Å². The van der Waals surface area contributed by atoms with Crippen LogP contribution in [0.1, 0.15) is 39.9 Å². The number of aryl methyl sites for hydroxylation is 2. The third-order valence-electron chi connectivity index (χ3n) is 3.94. The predicted octanol–water partition coefficient (Wildman–Crippen LogP) is 4.27. The quantitative estimate of drug-likeness (QED) is 0.764. The van der Waals surface area contributed by atoms with E-state index in [0.717, 1.165) is 29.7 Å². The molecule has 0 radical (unpaired) electrons. The summed E-state index contributed by atoms with van der Waals surface area (Å²) in [6, 6.07) is 13.7. The number of hydrogen-bond donors (Lipinski definition) is 0. The van der Waals surface area contributed by atoms with Gasteiger partial charge in [0.15, 0.2) is 5.78 Å². The molecular weight excluding hydrogens is 260 g/mol. The molecule has 0 aromatic heterocycles. The molecule has 0 amide bonds. The molecule has 2 aromatic carbocycles. The first kappa shape index (κ1) is 13.9. The minimum Gasteiger partial charge on any atom is -0.490 e. The van der Waals surface area contributed by atoms with Gasteiger partial charge in [0.05, 0.1) is 6.10 Å². The molecule has 0 heterocycles. The second kappa shape index (κ2) is 5.72. The molecular formula is C19H20O2. The van der Waals surface area contributed by atoms with Crippen LogP contribution < -0.4 is 4.74 Å². The van der Waals surface area contributed by atoms with Gasteiger partial charge >= 0.3 is 0 Å². The number of hydrogen-bond acceptors (Lipinski definition) is 2. The van der Waals surface area contributed by atoms with Crippen LogP contribution in [-0.4, -0.2) is 11.9 Å². The maximum absolute atomic E-state index is 12.3. The molecule has 2 nitrogen and oxygen atoms in total. The highest BCUT2D eigenvalue weighted by Crippen LogP contribution is 2.26. The van der Waals surface area contributed by atoms with Crippen molar-refractivity contribution in [3.8, 4) is 5.75 Å². The summed E-state index contributed by atoms with van der Waals surface area (Å²) in [7, 11) is 0. The first-order valence-corrected chi connectivity index (χ1v) is 7.48. The Bertz CT molecular complexity index is 652. The lowest BCUT2D eigenvalue weighted by Crippen LogP contribution is -2.04. The van der Waals surface area contributed by atoms with Crippen molar-refractivity contribution in [2.24, 2.45) is 0 Å². The lowest BCUT2D eigenvalue weighted by molar-refractivity contribution is 0.0993. The number of benzene rings is 2. The number of carbonyl (C=O) groups excluding carboxylic acids is 1. The fourth-order valence-electron chi connectivity index (χ4n) is 2.30. The van der Waals surface area contributed by atoms with E-state index in [9.17, 15) is 4.79 Å². The lowest BCUT2D eigenvalue weighted by Gasteiger charge is -2.07. The maximum atomic E-state index is 12.3. The maximum Gasteiger partial charge on any atom is 0.167 e. The molecule has 0 atom stereocenters. The van der Waals surface area contributed by atoms with Gasteiger partial charge < -0.3 is 4.74 Å². The summed E-state index contributed by atoms with van der Waals surface area (Å²) in [6.45, 7) is 4.16. The van der Waals surface area contributed by atoms with Gasteiger partial charge in [0, 0.05) is 12.0 Å². The molecule has 2 aromatic rings. The second-order valence-corrected chi connectivity index (χ2v) is 5.86. The van der Waals surface area contributed by atoms with Gasteiger partial charge in [0.2, 0.25) is 0 Å². The van der Waals surface area contributed by atoms with Crippen LogP contribution in [0.25, 0.3) is 0 Å². The second-order valence-electron chi connectivity index (χ2n) is 5.86. The molecule has 21 heavy (non-hydrogen) atoms. The van der Waals surface area contributed by atoms with E-state index in [0.29, 0.717) is 12.5 Å². The van der Waals surface area contributed by atoms with Gasteiger partial charge in [-0.1, -0.05) is 18.2 Å². The summed E-state index contributed by atoms with van der Waals surface area (Å²) in [5, 5.41) is 0. The van der Waals surface area contributed by atoms with E-state index in [2.05, 4.69) is 26.0 Å². The average molecular weight is 280 g/mol. The van der Waals surface area contributed by atoms with Crippen LogP contribution >= 0.6 is 0 Å². The van der Waals surface area contributed by atoms with Crippen molar-refractivity contribution in [1.29, 1.82) is 0 Å². The summed E-state index contributed by atoms with van der Waals surface area (Å²) < 4.78 is 5.70. The Labute approximate surface area is 125 Å². The molecule has 108 valence electrons. The topological polar surface area (TPSA) is 26.3 Å². The highest BCUT2D eigenvalue weighted by atomic mass is 16.5. The number of rotatable bonds is 5. The van der Waals surface area contributed by atoms with Gasteiger partial charge in [-0.3, -0.25) is 4.79 Å². The van der Waals surface area contributed by atoms with Crippen molar-refractivity contribution in [2.45, 2.75) is 39.2 Å². The zero-order valence-electron chi connectivity index (χ0n) is 12.6. The summed E-state index contributed by atoms with van der Waals surface area (Å²) >= 11 is 0. The molecule has 0 saturated heterocycles. The van der Waals surface area contributed by atoms with Crippen molar-refractivity contribution in [2.75, 3.05) is 0 Å². The number of carbonyl (C=O) groups is 1. The van der Waals surface area contributed by atoms with Crippen LogP contribution in [0.4, 0.5) is 0 Å². The van der Waals surface area contributed by atoms with Crippen molar-refractivity contribution in [1.82, 2.24) is 0 Å². The van der Waals surface area contributed by atoms with Gasteiger partial charge in [-0.05, 0) is 67.6 Å². The molecule has 1 aliphatic carbocycles. The predicted molar refractivity (Wildman–Crippen MR) is 84.0 cm³/mol. The molecule has 0 bridgehead atoms. The van der Waals surface area contributed by atoms with Crippen LogP contribution in [0.3, 0.4) is 0 Å². The summed E-state index contributed by atoms with van der Waals surface area (Å²) in [6.07, 6.45) is 3.13. The zero-order chi connectivity index (χ0) is 14.8. The Balaban J connectivity index is 1.67. The van der Waals surface area contributed by atoms with Crippen LogP contribution in [0.15, 0.2) is 42.5 Å². The Morgan fingerprint density at radius 1 is 1.05 bits per heavy atom. The van der Waals surface area contributed by atoms with Gasteiger partial charge in [0.25, 0.3) is 0 Å². The summed E-state index contributed by atoms with van der Waals surface area (Å²) in [5.41, 5.74) is 4.30. The first-order chi connectivity index (χ1) is 10.1. The van der Waals surface area contributed by atoms with Crippen LogP contribution in [0.2, 0.25) is 0 Å². The minimum absolute atomic E-state index is 0.149. The molecule has 2 heteroatoms. The molecule has 3 rings (SSSR count). The van der Waals surface area contributed by atoms with Crippen LogP contribution in [0, 0.1) is 13.8 Å². The Morgan fingerprint density at radius 3 is 2.38 bits per heavy atom. The largest absolute Gasteiger partial charge is 0.490 e. The molecule has 0 aliphatic heterocycles. The first-order valence-electron chi connectivity index (χ1n) is 7.48. The molecule has 1 fully saturated rings. The van der Waals surface area contributed by atoms with Gasteiger partial charge in [-0.2, -0.15) is 0 Å². The van der Waals surface area contributed by atoms with E-state index in [1.54, 1.807) is 0 Å². The van der Waals surface area contributed by atoms with E-state index in [4.69, 9.17) is 4.74 Å². The fourth-order valence-corrected chi connectivity index (χ4v) is 2.30. The van der Waals surface area contributed by atoms with Gasteiger partial charge in [0.1, 0.15) is 5.75 Å². The molecule has 1 saturated carbocycles. The van der Waals surface area contributed by atoms with E-state index < -0.39 is 0 Å². The fraction of sp³-hybridized carbons (Fsp3) is 0.316.